The van der Waals surface area contributed by atoms with Crippen LogP contribution in [-0.2, 0) is 0 Å². The van der Waals surface area contributed by atoms with Gasteiger partial charge in [0.15, 0.2) is 5.58 Å². The van der Waals surface area contributed by atoms with E-state index in [4.69, 9.17) is 0 Å². The number of hydrogen-bond donors (Lipinski definition) is 0. The lowest BCUT2D eigenvalue weighted by Gasteiger charge is -2.04. The van der Waals surface area contributed by atoms with Crippen LogP contribution in [0.5, 0.6) is 0 Å². The quantitative estimate of drug-likeness (QED) is 0.597. The maximum Gasteiger partial charge on any atom is 0.446 e. The minimum Gasteiger partial charge on any atom is -0.435 e. The van der Waals surface area contributed by atoms with Crippen molar-refractivity contribution >= 4 is 22.9 Å². The maximum atomic E-state index is 12.2. The molecule has 2 aromatic rings. The van der Waals surface area contributed by atoms with Crippen LogP contribution >= 0.6 is 11.8 Å². The summed E-state index contributed by atoms with van der Waals surface area (Å²) in [6, 6.07) is 3.39. The van der Waals surface area contributed by atoms with Crippen molar-refractivity contribution in [3.05, 3.63) is 24.1 Å². The number of oxazole rings is 1. The van der Waals surface area contributed by atoms with Crippen LogP contribution in [0.15, 0.2) is 27.5 Å². The summed E-state index contributed by atoms with van der Waals surface area (Å²) < 4.78 is 65.3. The third-order valence-electron chi connectivity index (χ3n) is 1.80. The Balaban J connectivity index is 2.37. The Morgan fingerprint density at radius 1 is 1.24 bits per heavy atom. The number of alkyl halides is 5. The van der Waals surface area contributed by atoms with Crippen molar-refractivity contribution in [2.45, 2.75) is 16.8 Å². The molecule has 1 aromatic carbocycles. The predicted octanol–water partition coefficient (Wildman–Crippen LogP) is 4.38. The van der Waals surface area contributed by atoms with E-state index in [-0.39, 0.29) is 27.8 Å². The average molecular weight is 269 g/mol. The molecule has 0 aliphatic rings. The fourth-order valence-electron chi connectivity index (χ4n) is 1.21. The smallest absolute Gasteiger partial charge is 0.435 e. The second-order valence-corrected chi connectivity index (χ2v) is 4.17. The third-order valence-corrected chi connectivity index (χ3v) is 2.52. The molecule has 0 spiro atoms. The number of benzene rings is 1. The van der Waals surface area contributed by atoms with Gasteiger partial charge in [-0.15, -0.1) is 0 Å². The topological polar surface area (TPSA) is 26.0 Å². The standard InChI is InChI=1S/C9H4F5NOS/c10-7(11)8-15-5-2-1-4(3-6(5)16-8)17-9(12,13)14/h1-3,7H. The maximum absolute atomic E-state index is 12.2. The number of hydrogen-bond acceptors (Lipinski definition) is 3. The van der Waals surface area contributed by atoms with Crippen molar-refractivity contribution in [1.82, 2.24) is 4.98 Å². The Bertz CT molecular complexity index is 536. The molecule has 92 valence electrons. The zero-order valence-electron chi connectivity index (χ0n) is 7.96. The third kappa shape index (κ3) is 2.87. The molecule has 17 heavy (non-hydrogen) atoms. The van der Waals surface area contributed by atoms with Gasteiger partial charge in [0.05, 0.1) is 0 Å². The lowest BCUT2D eigenvalue weighted by molar-refractivity contribution is -0.0328. The molecule has 0 N–H and O–H groups in total. The number of nitrogens with zero attached hydrogens (tertiary/aromatic N) is 1. The first-order valence-corrected chi connectivity index (χ1v) is 5.11. The fourth-order valence-corrected chi connectivity index (χ4v) is 1.78. The highest BCUT2D eigenvalue weighted by atomic mass is 32.2. The highest BCUT2D eigenvalue weighted by molar-refractivity contribution is 8.00. The normalized spacial score (nSPS) is 12.6. The van der Waals surface area contributed by atoms with E-state index in [0.717, 1.165) is 12.1 Å². The number of rotatable bonds is 2. The van der Waals surface area contributed by atoms with Crippen molar-refractivity contribution in [3.63, 3.8) is 0 Å². The first kappa shape index (κ1) is 12.2. The van der Waals surface area contributed by atoms with Gasteiger partial charge in [-0.05, 0) is 30.0 Å². The van der Waals surface area contributed by atoms with Crippen LogP contribution in [0.2, 0.25) is 0 Å². The summed E-state index contributed by atoms with van der Waals surface area (Å²) in [7, 11) is 0. The molecule has 0 aliphatic heterocycles. The Morgan fingerprint density at radius 3 is 2.53 bits per heavy atom. The largest absolute Gasteiger partial charge is 0.446 e. The van der Waals surface area contributed by atoms with E-state index in [1.165, 1.54) is 6.07 Å². The van der Waals surface area contributed by atoms with Crippen LogP contribution in [0.25, 0.3) is 11.1 Å². The first-order chi connectivity index (χ1) is 7.85. The van der Waals surface area contributed by atoms with Crippen LogP contribution < -0.4 is 0 Å². The molecular formula is C9H4F5NOS. The minimum absolute atomic E-state index is 0.0884. The molecule has 8 heteroatoms. The average Bonchev–Trinajstić information content (AvgIpc) is 2.57. The Labute approximate surface area is 95.8 Å². The number of thioether (sulfide) groups is 1. The number of halogens is 5. The van der Waals surface area contributed by atoms with Gasteiger partial charge in [-0.25, -0.2) is 4.98 Å². The van der Waals surface area contributed by atoms with E-state index < -0.39 is 17.8 Å². The van der Waals surface area contributed by atoms with Crippen LogP contribution in [0.1, 0.15) is 12.3 Å². The van der Waals surface area contributed by atoms with E-state index >= 15 is 0 Å². The fraction of sp³-hybridized carbons (Fsp3) is 0.222. The molecule has 0 aliphatic carbocycles. The molecule has 0 amide bonds. The summed E-state index contributed by atoms with van der Waals surface area (Å²) >= 11 is -0.342. The van der Waals surface area contributed by atoms with E-state index in [0.29, 0.717) is 0 Å². The van der Waals surface area contributed by atoms with Gasteiger partial charge in [0.25, 0.3) is 5.89 Å². The van der Waals surface area contributed by atoms with Crippen LogP contribution in [0, 0.1) is 0 Å². The van der Waals surface area contributed by atoms with Gasteiger partial charge in [0, 0.05) is 4.90 Å². The molecular weight excluding hydrogens is 265 g/mol. The molecule has 0 bridgehead atoms. The number of aromatic nitrogens is 1. The molecule has 2 nitrogen and oxygen atoms in total. The van der Waals surface area contributed by atoms with Crippen LogP contribution in [-0.4, -0.2) is 10.5 Å². The van der Waals surface area contributed by atoms with Gasteiger partial charge in [-0.3, -0.25) is 0 Å². The minimum atomic E-state index is -4.43. The molecule has 0 saturated carbocycles. The Morgan fingerprint density at radius 2 is 1.94 bits per heavy atom. The molecule has 0 fully saturated rings. The second kappa shape index (κ2) is 4.17. The van der Waals surface area contributed by atoms with E-state index in [1.807, 2.05) is 0 Å². The Hall–Kier alpha value is -1.31. The van der Waals surface area contributed by atoms with E-state index in [1.54, 1.807) is 0 Å². The van der Waals surface area contributed by atoms with Gasteiger partial charge < -0.3 is 4.42 Å². The SMILES string of the molecule is FC(F)c1nc2ccc(SC(F)(F)F)cc2o1. The molecule has 1 aromatic heterocycles. The van der Waals surface area contributed by atoms with Crippen LogP contribution in [0.4, 0.5) is 22.0 Å². The summed E-state index contributed by atoms with van der Waals surface area (Å²) in [6.45, 7) is 0. The Kier molecular flexibility index (Phi) is 2.98. The monoisotopic (exact) mass is 269 g/mol. The summed E-state index contributed by atoms with van der Waals surface area (Å²) in [5.41, 5.74) is -4.42. The summed E-state index contributed by atoms with van der Waals surface area (Å²) in [6.07, 6.45) is -2.89. The molecule has 0 radical (unpaired) electrons. The summed E-state index contributed by atoms with van der Waals surface area (Å²) in [5.74, 6) is -0.797. The van der Waals surface area contributed by atoms with Crippen molar-refractivity contribution in [2.24, 2.45) is 0 Å². The second-order valence-electron chi connectivity index (χ2n) is 3.03. The predicted molar refractivity (Wildman–Crippen MR) is 50.9 cm³/mol. The summed E-state index contributed by atoms with van der Waals surface area (Å²) in [4.78, 5) is 3.31. The molecule has 2 rings (SSSR count). The first-order valence-electron chi connectivity index (χ1n) is 4.29. The van der Waals surface area contributed by atoms with Crippen molar-refractivity contribution < 1.29 is 26.4 Å². The number of fused-ring (bicyclic) bond motifs is 1. The van der Waals surface area contributed by atoms with Gasteiger partial charge in [0.1, 0.15) is 5.52 Å². The van der Waals surface area contributed by atoms with Crippen LogP contribution in [0.3, 0.4) is 0 Å². The summed E-state index contributed by atoms with van der Waals surface area (Å²) in [5, 5.41) is 0. The van der Waals surface area contributed by atoms with Crippen molar-refractivity contribution in [3.8, 4) is 0 Å². The van der Waals surface area contributed by atoms with Gasteiger partial charge in [-0.1, -0.05) is 0 Å². The van der Waals surface area contributed by atoms with Gasteiger partial charge in [-0.2, -0.15) is 22.0 Å². The van der Waals surface area contributed by atoms with Crippen molar-refractivity contribution in [1.29, 1.82) is 0 Å². The van der Waals surface area contributed by atoms with E-state index in [9.17, 15) is 22.0 Å². The van der Waals surface area contributed by atoms with Crippen molar-refractivity contribution in [2.75, 3.05) is 0 Å². The lowest BCUT2D eigenvalue weighted by atomic mass is 10.3. The molecule has 0 atom stereocenters. The highest BCUT2D eigenvalue weighted by Crippen LogP contribution is 2.38. The zero-order valence-corrected chi connectivity index (χ0v) is 8.78. The molecule has 0 saturated heterocycles. The van der Waals surface area contributed by atoms with Gasteiger partial charge in [0.2, 0.25) is 0 Å². The van der Waals surface area contributed by atoms with E-state index in [2.05, 4.69) is 9.40 Å². The molecule has 0 unspecified atom stereocenters. The molecule has 1 heterocycles. The van der Waals surface area contributed by atoms with Gasteiger partial charge >= 0.3 is 11.9 Å². The zero-order chi connectivity index (χ0) is 12.6. The lowest BCUT2D eigenvalue weighted by Crippen LogP contribution is -1.98. The highest BCUT2D eigenvalue weighted by Gasteiger charge is 2.29.